The normalized spacial score (nSPS) is 11.6. The maximum atomic E-state index is 12.8. The molecule has 0 saturated heterocycles. The van der Waals surface area contributed by atoms with Crippen LogP contribution in [0.25, 0.3) is 0 Å². The number of unbranched alkanes of at least 4 members (excludes halogenated alkanes) is 12. The molecule has 0 aromatic heterocycles. The van der Waals surface area contributed by atoms with Crippen LogP contribution in [0.15, 0.2) is 47.4 Å². The van der Waals surface area contributed by atoms with Crippen molar-refractivity contribution in [2.24, 2.45) is 0 Å². The maximum absolute atomic E-state index is 12.8. The number of carbonyl (C=O) groups is 2. The summed E-state index contributed by atoms with van der Waals surface area (Å²) in [7, 11) is -5.01. The summed E-state index contributed by atoms with van der Waals surface area (Å²) in [6.45, 7) is 4.56. The molecule has 0 fully saturated rings. The first-order valence-corrected chi connectivity index (χ1v) is 16.5. The number of carbonyl (C=O) groups excluding carboxylic acids is 2. The largest absolute Gasteiger partial charge is 1.00 e. The fourth-order valence-electron chi connectivity index (χ4n) is 4.18. The molecule has 0 atom stereocenters. The van der Waals surface area contributed by atoms with Crippen molar-refractivity contribution >= 4 is 22.1 Å². The molecule has 0 spiro atoms. The van der Waals surface area contributed by atoms with Crippen molar-refractivity contribution in [2.45, 2.75) is 121 Å². The Morgan fingerprint density at radius 2 is 1.12 bits per heavy atom. The van der Waals surface area contributed by atoms with E-state index in [1.165, 1.54) is 50.7 Å². The van der Waals surface area contributed by atoms with Crippen LogP contribution in [0, 0.1) is 0 Å². The summed E-state index contributed by atoms with van der Waals surface area (Å²) < 4.78 is 46.0. The van der Waals surface area contributed by atoms with Crippen LogP contribution in [-0.4, -0.2) is 38.1 Å². The zero-order chi connectivity index (χ0) is 29.5. The SMILES string of the molecule is CCCCC/C=C/CCCCCOC(=O)c1cccc(S(=O)(=O)[O-])c1C(=O)OCCCCC/C=C/CCCCC.[K+]. The van der Waals surface area contributed by atoms with Gasteiger partial charge in [-0.05, 0) is 89.2 Å². The Labute approximate surface area is 291 Å². The quantitative estimate of drug-likeness (QED) is 0.0539. The number of hydrogen-bond donors (Lipinski definition) is 0. The number of benzene rings is 1. The third-order valence-electron chi connectivity index (χ3n) is 6.50. The Bertz CT molecular complexity index is 1020. The Morgan fingerprint density at radius 1 is 0.683 bits per heavy atom. The summed E-state index contributed by atoms with van der Waals surface area (Å²) in [5, 5.41) is 0. The molecular formula is C32H49KO7S. The Morgan fingerprint density at radius 3 is 1.56 bits per heavy atom. The van der Waals surface area contributed by atoms with Crippen molar-refractivity contribution in [2.75, 3.05) is 13.2 Å². The van der Waals surface area contributed by atoms with Crippen LogP contribution >= 0.6 is 0 Å². The first-order chi connectivity index (χ1) is 19.3. The van der Waals surface area contributed by atoms with Crippen molar-refractivity contribution in [3.8, 4) is 0 Å². The molecule has 0 bridgehead atoms. The maximum Gasteiger partial charge on any atom is 1.00 e. The summed E-state index contributed by atoms with van der Waals surface area (Å²) >= 11 is 0. The Balaban J connectivity index is 0.0000160. The number of esters is 2. The standard InChI is InChI=1S/C32H50O7S.K/c1-3-5-7-9-11-13-15-17-19-21-26-38-31(33)28-24-23-25-29(40(35,36)37)30(28)32(34)39-27-22-20-18-16-14-12-10-8-6-4-2;/h11-14,23-25H,3-10,15-22,26-27H2,1-2H3,(H,35,36,37);/q;+1/p-1/b13-11+,14-12+;. The van der Waals surface area contributed by atoms with Gasteiger partial charge in [0.05, 0.1) is 29.2 Å². The molecule has 41 heavy (non-hydrogen) atoms. The first-order valence-electron chi connectivity index (χ1n) is 15.1. The molecule has 1 rings (SSSR count). The number of rotatable bonds is 23. The molecule has 7 nitrogen and oxygen atoms in total. The van der Waals surface area contributed by atoms with Gasteiger partial charge in [0, 0.05) is 0 Å². The summed E-state index contributed by atoms with van der Waals surface area (Å²) in [5.41, 5.74) is -0.823. The van der Waals surface area contributed by atoms with Gasteiger partial charge in [0.25, 0.3) is 0 Å². The van der Waals surface area contributed by atoms with Crippen LogP contribution in [0.2, 0.25) is 0 Å². The van der Waals surface area contributed by atoms with E-state index in [1.54, 1.807) is 0 Å². The van der Waals surface area contributed by atoms with E-state index in [4.69, 9.17) is 9.47 Å². The van der Waals surface area contributed by atoms with Crippen LogP contribution in [0.4, 0.5) is 0 Å². The minimum atomic E-state index is -5.01. The van der Waals surface area contributed by atoms with Gasteiger partial charge >= 0.3 is 63.3 Å². The van der Waals surface area contributed by atoms with Gasteiger partial charge in [-0.2, -0.15) is 0 Å². The predicted molar refractivity (Wildman–Crippen MR) is 158 cm³/mol. The van der Waals surface area contributed by atoms with E-state index >= 15 is 0 Å². The van der Waals surface area contributed by atoms with E-state index in [-0.39, 0.29) is 70.2 Å². The average Bonchev–Trinajstić information content (AvgIpc) is 2.93. The molecule has 1 aromatic carbocycles. The number of allylic oxidation sites excluding steroid dienone is 4. The van der Waals surface area contributed by atoms with Crippen molar-refractivity contribution in [3.63, 3.8) is 0 Å². The minimum Gasteiger partial charge on any atom is -0.744 e. The molecule has 0 amide bonds. The second kappa shape index (κ2) is 25.7. The van der Waals surface area contributed by atoms with E-state index in [2.05, 4.69) is 38.2 Å². The van der Waals surface area contributed by atoms with Gasteiger partial charge in [-0.3, -0.25) is 0 Å². The number of ether oxygens (including phenoxy) is 2. The van der Waals surface area contributed by atoms with E-state index < -0.39 is 32.5 Å². The Kier molecular flexibility index (Phi) is 25.2. The van der Waals surface area contributed by atoms with Crippen molar-refractivity contribution in [3.05, 3.63) is 53.6 Å². The smallest absolute Gasteiger partial charge is 0.744 e. The third kappa shape index (κ3) is 19.2. The molecule has 1 aromatic rings. The molecule has 0 radical (unpaired) electrons. The molecule has 9 heteroatoms. The van der Waals surface area contributed by atoms with Gasteiger partial charge in [0.2, 0.25) is 0 Å². The monoisotopic (exact) mass is 616 g/mol. The van der Waals surface area contributed by atoms with Crippen LogP contribution in [0.5, 0.6) is 0 Å². The molecule has 0 heterocycles. The summed E-state index contributed by atoms with van der Waals surface area (Å²) in [6.07, 6.45) is 25.0. The van der Waals surface area contributed by atoms with Gasteiger partial charge in [-0.25, -0.2) is 18.0 Å². The minimum absolute atomic E-state index is 0. The first kappa shape index (κ1) is 40.2. The van der Waals surface area contributed by atoms with E-state index in [0.717, 1.165) is 57.4 Å². The Hall–Kier alpha value is -0.814. The molecular weight excluding hydrogens is 568 g/mol. The van der Waals surface area contributed by atoms with Crippen LogP contribution in [-0.2, 0) is 19.6 Å². The van der Waals surface area contributed by atoms with E-state index in [9.17, 15) is 22.6 Å². The second-order valence-electron chi connectivity index (χ2n) is 10.0. The van der Waals surface area contributed by atoms with E-state index in [1.807, 2.05) is 0 Å². The van der Waals surface area contributed by atoms with Crippen molar-refractivity contribution in [1.29, 1.82) is 0 Å². The van der Waals surface area contributed by atoms with E-state index in [0.29, 0.717) is 12.8 Å². The molecule has 226 valence electrons. The van der Waals surface area contributed by atoms with Gasteiger partial charge in [0.15, 0.2) is 0 Å². The van der Waals surface area contributed by atoms with Crippen LogP contribution < -0.4 is 51.4 Å². The second-order valence-corrected chi connectivity index (χ2v) is 11.4. The van der Waals surface area contributed by atoms with Crippen molar-refractivity contribution < 1.29 is 83.4 Å². The van der Waals surface area contributed by atoms with Gasteiger partial charge in [-0.15, -0.1) is 0 Å². The molecule has 0 aliphatic rings. The van der Waals surface area contributed by atoms with Crippen LogP contribution in [0.3, 0.4) is 0 Å². The topological polar surface area (TPSA) is 110 Å². The third-order valence-corrected chi connectivity index (χ3v) is 7.38. The zero-order valence-electron chi connectivity index (χ0n) is 25.5. The summed E-state index contributed by atoms with van der Waals surface area (Å²) in [5.74, 6) is -1.86. The summed E-state index contributed by atoms with van der Waals surface area (Å²) in [6, 6.07) is 3.54. The fraction of sp³-hybridized carbons (Fsp3) is 0.625. The molecule has 0 aliphatic carbocycles. The van der Waals surface area contributed by atoms with Gasteiger partial charge < -0.3 is 14.0 Å². The fourth-order valence-corrected chi connectivity index (χ4v) is 4.87. The average molecular weight is 617 g/mol. The predicted octanol–water partition coefficient (Wildman–Crippen LogP) is 5.30. The molecule has 0 N–H and O–H groups in total. The summed E-state index contributed by atoms with van der Waals surface area (Å²) in [4.78, 5) is 24.8. The van der Waals surface area contributed by atoms with Gasteiger partial charge in [0.1, 0.15) is 10.1 Å². The molecule has 0 aliphatic heterocycles. The van der Waals surface area contributed by atoms with Crippen LogP contribution in [0.1, 0.15) is 137 Å². The molecule has 0 saturated carbocycles. The number of hydrogen-bond acceptors (Lipinski definition) is 7. The molecule has 0 unspecified atom stereocenters. The van der Waals surface area contributed by atoms with Crippen molar-refractivity contribution in [1.82, 2.24) is 0 Å². The zero-order valence-corrected chi connectivity index (χ0v) is 29.5. The van der Waals surface area contributed by atoms with Gasteiger partial charge in [-0.1, -0.05) is 69.9 Å².